The Hall–Kier alpha value is -0.830. The van der Waals surface area contributed by atoms with Gasteiger partial charge < -0.3 is 9.47 Å². The van der Waals surface area contributed by atoms with Crippen LogP contribution in [0.15, 0.2) is 12.3 Å². The van der Waals surface area contributed by atoms with Crippen LogP contribution in [0, 0.1) is 11.3 Å². The highest BCUT2D eigenvalue weighted by atomic mass is 16.6. The van der Waals surface area contributed by atoms with Crippen LogP contribution < -0.4 is 0 Å². The number of cyclic esters (lactones) is 1. The zero-order chi connectivity index (χ0) is 9.22. The first-order valence-electron chi connectivity index (χ1n) is 4.70. The normalized spacial score (nSPS) is 52.5. The van der Waals surface area contributed by atoms with Crippen LogP contribution in [0.5, 0.6) is 0 Å². The van der Waals surface area contributed by atoms with Crippen LogP contribution in [0.3, 0.4) is 0 Å². The maximum absolute atomic E-state index is 11.5. The van der Waals surface area contributed by atoms with Crippen molar-refractivity contribution in [1.29, 1.82) is 0 Å². The number of fused-ring (bicyclic) bond motifs is 5. The SMILES string of the molecule is C=C1OC(=O)C2C3CCC(O3)C12C. The Bertz CT molecular complexity index is 309. The number of hydrogen-bond acceptors (Lipinski definition) is 3. The first-order valence-corrected chi connectivity index (χ1v) is 4.70. The standard InChI is InChI=1S/C10H12O3/c1-5-10(2)7-4-3-6(13-7)8(10)9(11)12-5/h6-8H,1,3-4H2,2H3. The lowest BCUT2D eigenvalue weighted by Gasteiger charge is -2.28. The van der Waals surface area contributed by atoms with E-state index >= 15 is 0 Å². The van der Waals surface area contributed by atoms with Crippen LogP contribution in [-0.2, 0) is 14.3 Å². The summed E-state index contributed by atoms with van der Waals surface area (Å²) < 4.78 is 10.8. The van der Waals surface area contributed by atoms with Gasteiger partial charge in [-0.25, -0.2) is 0 Å². The fourth-order valence-electron chi connectivity index (χ4n) is 2.98. The van der Waals surface area contributed by atoms with Gasteiger partial charge in [0.2, 0.25) is 0 Å². The minimum Gasteiger partial charge on any atom is -0.431 e. The summed E-state index contributed by atoms with van der Waals surface area (Å²) in [6.45, 7) is 5.85. The van der Waals surface area contributed by atoms with Gasteiger partial charge in [-0.05, 0) is 19.8 Å². The van der Waals surface area contributed by atoms with Crippen molar-refractivity contribution in [2.24, 2.45) is 11.3 Å². The van der Waals surface area contributed by atoms with Crippen molar-refractivity contribution < 1.29 is 14.3 Å². The lowest BCUT2D eigenvalue weighted by molar-refractivity contribution is -0.141. The molecule has 0 aliphatic carbocycles. The molecule has 0 radical (unpaired) electrons. The van der Waals surface area contributed by atoms with Crippen LogP contribution in [0.25, 0.3) is 0 Å². The fourth-order valence-corrected chi connectivity index (χ4v) is 2.98. The van der Waals surface area contributed by atoms with E-state index in [2.05, 4.69) is 6.58 Å². The molecule has 0 aromatic rings. The van der Waals surface area contributed by atoms with Gasteiger partial charge in [0.15, 0.2) is 0 Å². The summed E-state index contributed by atoms with van der Waals surface area (Å²) >= 11 is 0. The van der Waals surface area contributed by atoms with Gasteiger partial charge >= 0.3 is 5.97 Å². The van der Waals surface area contributed by atoms with E-state index in [-0.39, 0.29) is 29.5 Å². The highest BCUT2D eigenvalue weighted by Crippen LogP contribution is 2.59. The molecule has 0 saturated carbocycles. The molecule has 3 heteroatoms. The average Bonchev–Trinajstić information content (AvgIpc) is 2.66. The predicted molar refractivity (Wildman–Crippen MR) is 44.7 cm³/mol. The van der Waals surface area contributed by atoms with Crippen LogP contribution in [-0.4, -0.2) is 18.2 Å². The van der Waals surface area contributed by atoms with E-state index in [9.17, 15) is 4.79 Å². The van der Waals surface area contributed by atoms with Gasteiger partial charge in [0, 0.05) is 0 Å². The number of rotatable bonds is 0. The van der Waals surface area contributed by atoms with Gasteiger partial charge in [0.25, 0.3) is 0 Å². The van der Waals surface area contributed by atoms with Crippen molar-refractivity contribution in [3.05, 3.63) is 12.3 Å². The molecule has 0 aromatic carbocycles. The third-order valence-corrected chi connectivity index (χ3v) is 3.82. The molecule has 70 valence electrons. The Kier molecular flexibility index (Phi) is 1.15. The number of hydrogen-bond donors (Lipinski definition) is 0. The molecule has 4 atom stereocenters. The van der Waals surface area contributed by atoms with Crippen molar-refractivity contribution in [1.82, 2.24) is 0 Å². The molecule has 4 unspecified atom stereocenters. The Balaban J connectivity index is 2.12. The first-order chi connectivity index (χ1) is 6.14. The zero-order valence-electron chi connectivity index (χ0n) is 7.58. The lowest BCUT2D eigenvalue weighted by Crippen LogP contribution is -2.36. The summed E-state index contributed by atoms with van der Waals surface area (Å²) in [4.78, 5) is 11.5. The van der Waals surface area contributed by atoms with E-state index in [1.165, 1.54) is 0 Å². The minimum atomic E-state index is -0.236. The smallest absolute Gasteiger partial charge is 0.317 e. The van der Waals surface area contributed by atoms with Crippen molar-refractivity contribution >= 4 is 5.97 Å². The van der Waals surface area contributed by atoms with E-state index in [0.29, 0.717) is 5.76 Å². The van der Waals surface area contributed by atoms with E-state index in [1.54, 1.807) is 0 Å². The van der Waals surface area contributed by atoms with Crippen LogP contribution >= 0.6 is 0 Å². The number of carbonyl (C=O) groups is 1. The molecule has 0 aromatic heterocycles. The second-order valence-corrected chi connectivity index (χ2v) is 4.35. The Morgan fingerprint density at radius 1 is 1.54 bits per heavy atom. The molecule has 2 bridgehead atoms. The summed E-state index contributed by atoms with van der Waals surface area (Å²) in [7, 11) is 0. The Morgan fingerprint density at radius 2 is 2.31 bits per heavy atom. The largest absolute Gasteiger partial charge is 0.431 e. The van der Waals surface area contributed by atoms with Crippen molar-refractivity contribution in [2.75, 3.05) is 0 Å². The molecule has 0 N–H and O–H groups in total. The molecular weight excluding hydrogens is 168 g/mol. The predicted octanol–water partition coefficient (Wildman–Crippen LogP) is 1.24. The van der Waals surface area contributed by atoms with Crippen molar-refractivity contribution in [3.8, 4) is 0 Å². The quantitative estimate of drug-likeness (QED) is 0.526. The zero-order valence-corrected chi connectivity index (χ0v) is 7.58. The highest BCUT2D eigenvalue weighted by molar-refractivity contribution is 5.80. The molecule has 3 aliphatic rings. The first kappa shape index (κ1) is 7.56. The summed E-state index contributed by atoms with van der Waals surface area (Å²) in [5.41, 5.74) is -0.236. The molecule has 13 heavy (non-hydrogen) atoms. The third-order valence-electron chi connectivity index (χ3n) is 3.82. The van der Waals surface area contributed by atoms with Gasteiger partial charge in [-0.2, -0.15) is 0 Å². The molecule has 3 rings (SSSR count). The maximum Gasteiger partial charge on any atom is 0.317 e. The molecule has 3 saturated heterocycles. The molecule has 0 spiro atoms. The summed E-state index contributed by atoms with van der Waals surface area (Å²) in [6, 6.07) is 0. The summed E-state index contributed by atoms with van der Waals surface area (Å²) in [5, 5.41) is 0. The molecule has 3 aliphatic heterocycles. The lowest BCUT2D eigenvalue weighted by atomic mass is 9.68. The summed E-state index contributed by atoms with van der Waals surface area (Å²) in [6.07, 6.45) is 2.27. The number of ether oxygens (including phenoxy) is 2. The van der Waals surface area contributed by atoms with Gasteiger partial charge in [0.05, 0.1) is 23.5 Å². The number of carbonyl (C=O) groups excluding carboxylic acids is 1. The Labute approximate surface area is 76.7 Å². The maximum atomic E-state index is 11.5. The van der Waals surface area contributed by atoms with Crippen LogP contribution in [0.1, 0.15) is 19.8 Å². The van der Waals surface area contributed by atoms with Crippen LogP contribution in [0.4, 0.5) is 0 Å². The highest BCUT2D eigenvalue weighted by Gasteiger charge is 2.66. The third kappa shape index (κ3) is 0.645. The van der Waals surface area contributed by atoms with Gasteiger partial charge in [-0.3, -0.25) is 4.79 Å². The van der Waals surface area contributed by atoms with E-state index in [0.717, 1.165) is 12.8 Å². The molecule has 3 fully saturated rings. The van der Waals surface area contributed by atoms with E-state index in [1.807, 2.05) is 6.92 Å². The van der Waals surface area contributed by atoms with E-state index < -0.39 is 0 Å². The van der Waals surface area contributed by atoms with Gasteiger partial charge in [0.1, 0.15) is 5.76 Å². The minimum absolute atomic E-state index is 0.0845. The van der Waals surface area contributed by atoms with Crippen molar-refractivity contribution in [3.63, 3.8) is 0 Å². The second kappa shape index (κ2) is 1.98. The molecule has 3 heterocycles. The summed E-state index contributed by atoms with van der Waals surface area (Å²) in [5.74, 6) is 0.383. The van der Waals surface area contributed by atoms with Crippen molar-refractivity contribution in [2.45, 2.75) is 32.0 Å². The van der Waals surface area contributed by atoms with Crippen LogP contribution in [0.2, 0.25) is 0 Å². The molecular formula is C10H12O3. The Morgan fingerprint density at radius 3 is 3.00 bits per heavy atom. The second-order valence-electron chi connectivity index (χ2n) is 4.35. The van der Waals surface area contributed by atoms with E-state index in [4.69, 9.17) is 9.47 Å². The fraction of sp³-hybridized carbons (Fsp3) is 0.700. The van der Waals surface area contributed by atoms with Gasteiger partial charge in [-0.15, -0.1) is 0 Å². The monoisotopic (exact) mass is 180 g/mol. The molecule has 3 nitrogen and oxygen atoms in total. The molecule has 0 amide bonds. The topological polar surface area (TPSA) is 35.5 Å². The van der Waals surface area contributed by atoms with Gasteiger partial charge in [-0.1, -0.05) is 6.58 Å². The number of esters is 1. The average molecular weight is 180 g/mol.